The lowest BCUT2D eigenvalue weighted by molar-refractivity contribution is -0.160. The number of hydrogen-bond acceptors (Lipinski definition) is 6. The zero-order valence-electron chi connectivity index (χ0n) is 12.1. The van der Waals surface area contributed by atoms with Crippen LogP contribution in [0.3, 0.4) is 0 Å². The Kier molecular flexibility index (Phi) is 6.87. The van der Waals surface area contributed by atoms with Crippen molar-refractivity contribution in [3.05, 3.63) is 35.9 Å². The fourth-order valence-corrected chi connectivity index (χ4v) is 2.40. The van der Waals surface area contributed by atoms with Gasteiger partial charge in [-0.05, 0) is 5.56 Å². The highest BCUT2D eigenvalue weighted by atomic mass is 32.2. The summed E-state index contributed by atoms with van der Waals surface area (Å²) in [5.41, 5.74) is 4.23. The molecule has 0 aliphatic carbocycles. The zero-order chi connectivity index (χ0) is 16.6. The first-order chi connectivity index (χ1) is 10.4. The van der Waals surface area contributed by atoms with Gasteiger partial charge in [0.2, 0.25) is 11.4 Å². The molecule has 0 fully saturated rings. The molecule has 4 N–H and O–H groups in total. The molecule has 1 aromatic carbocycles. The molecule has 0 saturated heterocycles. The smallest absolute Gasteiger partial charge is 0.339 e. The van der Waals surface area contributed by atoms with E-state index in [0.717, 1.165) is 17.3 Å². The predicted molar refractivity (Wildman–Crippen MR) is 81.9 cm³/mol. The molecule has 7 nitrogen and oxygen atoms in total. The fraction of sp³-hybridized carbons (Fsp3) is 0.357. The third-order valence-electron chi connectivity index (χ3n) is 2.71. The molecule has 1 amide bonds. The van der Waals surface area contributed by atoms with Crippen molar-refractivity contribution in [3.63, 3.8) is 0 Å². The summed E-state index contributed by atoms with van der Waals surface area (Å²) in [6.07, 6.45) is 0. The Morgan fingerprint density at radius 3 is 2.50 bits per heavy atom. The number of esters is 1. The number of benzene rings is 1. The summed E-state index contributed by atoms with van der Waals surface area (Å²) in [7, 11) is 0. The molecular weight excluding hydrogens is 308 g/mol. The van der Waals surface area contributed by atoms with Gasteiger partial charge in [0, 0.05) is 12.7 Å². The van der Waals surface area contributed by atoms with Gasteiger partial charge in [0.05, 0.1) is 5.88 Å². The van der Waals surface area contributed by atoms with Gasteiger partial charge >= 0.3 is 11.9 Å². The van der Waals surface area contributed by atoms with Crippen molar-refractivity contribution >= 4 is 29.6 Å². The summed E-state index contributed by atoms with van der Waals surface area (Å²) in [5.74, 6) is -2.79. The summed E-state index contributed by atoms with van der Waals surface area (Å²) in [5, 5.41) is 11.7. The predicted octanol–water partition coefficient (Wildman–Crippen LogP) is 0.339. The summed E-state index contributed by atoms with van der Waals surface area (Å²) >= 11 is 1.03. The SMILES string of the molecule is CC(=O)NCSCC(N)(C(=O)O)C(=O)OCc1ccccc1. The molecule has 8 heteroatoms. The van der Waals surface area contributed by atoms with Crippen LogP contribution < -0.4 is 11.1 Å². The van der Waals surface area contributed by atoms with Crippen LogP contribution in [0.4, 0.5) is 0 Å². The Balaban J connectivity index is 2.58. The van der Waals surface area contributed by atoms with Gasteiger partial charge in [-0.2, -0.15) is 0 Å². The second kappa shape index (κ2) is 8.40. The Morgan fingerprint density at radius 2 is 1.95 bits per heavy atom. The first-order valence-corrected chi connectivity index (χ1v) is 7.57. The molecule has 0 bridgehead atoms. The van der Waals surface area contributed by atoms with E-state index in [-0.39, 0.29) is 24.1 Å². The lowest BCUT2D eigenvalue weighted by atomic mass is 10.1. The topological polar surface area (TPSA) is 119 Å². The second-order valence-electron chi connectivity index (χ2n) is 4.56. The average Bonchev–Trinajstić information content (AvgIpc) is 2.49. The van der Waals surface area contributed by atoms with E-state index in [1.807, 2.05) is 6.07 Å². The minimum atomic E-state index is -2.15. The van der Waals surface area contributed by atoms with Crippen LogP contribution in [0.1, 0.15) is 12.5 Å². The third-order valence-corrected chi connectivity index (χ3v) is 3.72. The van der Waals surface area contributed by atoms with Gasteiger partial charge in [0.25, 0.3) is 0 Å². The number of nitrogens with one attached hydrogen (secondary N) is 1. The van der Waals surface area contributed by atoms with Crippen molar-refractivity contribution in [2.45, 2.75) is 19.1 Å². The summed E-state index contributed by atoms with van der Waals surface area (Å²) in [4.78, 5) is 34.0. The standard InChI is InChI=1S/C14H18N2O5S/c1-10(17)16-9-22-8-14(15,12(18)19)13(20)21-7-11-5-3-2-4-6-11/h2-6H,7-9,15H2,1H3,(H,16,17)(H,18,19). The molecule has 1 aromatic rings. The number of carbonyl (C=O) groups excluding carboxylic acids is 2. The molecule has 1 rings (SSSR count). The van der Waals surface area contributed by atoms with Gasteiger partial charge in [0.1, 0.15) is 6.61 Å². The third kappa shape index (κ3) is 5.38. The number of ether oxygens (including phenoxy) is 1. The van der Waals surface area contributed by atoms with Crippen LogP contribution in [0.5, 0.6) is 0 Å². The maximum Gasteiger partial charge on any atom is 0.339 e. The number of carboxylic acid groups (broad SMARTS) is 1. The number of aliphatic carboxylic acids is 1. The normalized spacial score (nSPS) is 13.0. The van der Waals surface area contributed by atoms with E-state index in [1.165, 1.54) is 6.92 Å². The summed E-state index contributed by atoms with van der Waals surface area (Å²) in [6.45, 7) is 1.28. The first kappa shape index (κ1) is 18.0. The number of carbonyl (C=O) groups is 3. The van der Waals surface area contributed by atoms with Crippen molar-refractivity contribution < 1.29 is 24.2 Å². The minimum absolute atomic E-state index is 0.0533. The van der Waals surface area contributed by atoms with E-state index in [9.17, 15) is 19.5 Å². The van der Waals surface area contributed by atoms with Gasteiger partial charge in [0.15, 0.2) is 0 Å². The van der Waals surface area contributed by atoms with Gasteiger partial charge in [-0.3, -0.25) is 4.79 Å². The molecule has 0 aliphatic heterocycles. The number of nitrogens with two attached hydrogens (primary N) is 1. The second-order valence-corrected chi connectivity index (χ2v) is 5.55. The number of rotatable bonds is 8. The van der Waals surface area contributed by atoms with Gasteiger partial charge < -0.3 is 20.9 Å². The highest BCUT2D eigenvalue weighted by Crippen LogP contribution is 2.14. The van der Waals surface area contributed by atoms with Crippen LogP contribution in [-0.4, -0.2) is 40.1 Å². The molecule has 1 unspecified atom stereocenters. The lowest BCUT2D eigenvalue weighted by Gasteiger charge is -2.22. The quantitative estimate of drug-likeness (QED) is 0.273. The largest absolute Gasteiger partial charge is 0.479 e. The van der Waals surface area contributed by atoms with E-state index >= 15 is 0 Å². The molecule has 0 aromatic heterocycles. The molecule has 120 valence electrons. The molecular formula is C14H18N2O5S. The van der Waals surface area contributed by atoms with Gasteiger partial charge in [-0.25, -0.2) is 9.59 Å². The maximum atomic E-state index is 12.0. The van der Waals surface area contributed by atoms with E-state index in [1.54, 1.807) is 24.3 Å². The monoisotopic (exact) mass is 326 g/mol. The first-order valence-electron chi connectivity index (χ1n) is 6.42. The van der Waals surface area contributed by atoms with Crippen molar-refractivity contribution in [2.75, 3.05) is 11.6 Å². The highest BCUT2D eigenvalue weighted by Gasteiger charge is 2.44. The Hall–Kier alpha value is -2.06. The van der Waals surface area contributed by atoms with Crippen molar-refractivity contribution in [1.82, 2.24) is 5.32 Å². The van der Waals surface area contributed by atoms with E-state index in [4.69, 9.17) is 10.5 Å². The average molecular weight is 326 g/mol. The molecule has 0 saturated carbocycles. The number of carboxylic acids is 1. The Labute approximate surface area is 132 Å². The van der Waals surface area contributed by atoms with Gasteiger partial charge in [-0.1, -0.05) is 30.3 Å². The maximum absolute atomic E-state index is 12.0. The van der Waals surface area contributed by atoms with Crippen LogP contribution in [0, 0.1) is 0 Å². The zero-order valence-corrected chi connectivity index (χ0v) is 12.9. The molecule has 0 radical (unpaired) electrons. The number of hydrogen-bond donors (Lipinski definition) is 3. The lowest BCUT2D eigenvalue weighted by Crippen LogP contribution is -2.58. The molecule has 1 atom stereocenters. The van der Waals surface area contributed by atoms with Crippen molar-refractivity contribution in [3.8, 4) is 0 Å². The molecule has 0 spiro atoms. The van der Waals surface area contributed by atoms with Crippen LogP contribution in [-0.2, 0) is 25.7 Å². The number of amides is 1. The van der Waals surface area contributed by atoms with Crippen LogP contribution in [0.15, 0.2) is 30.3 Å². The van der Waals surface area contributed by atoms with Gasteiger partial charge in [-0.15, -0.1) is 11.8 Å². The number of thioether (sulfide) groups is 1. The van der Waals surface area contributed by atoms with Crippen LogP contribution in [0.2, 0.25) is 0 Å². The Bertz CT molecular complexity index is 537. The summed E-state index contributed by atoms with van der Waals surface area (Å²) < 4.78 is 4.99. The van der Waals surface area contributed by atoms with E-state index < -0.39 is 17.5 Å². The highest BCUT2D eigenvalue weighted by molar-refractivity contribution is 7.99. The molecule has 22 heavy (non-hydrogen) atoms. The van der Waals surface area contributed by atoms with E-state index in [0.29, 0.717) is 0 Å². The minimum Gasteiger partial charge on any atom is -0.479 e. The Morgan fingerprint density at radius 1 is 1.32 bits per heavy atom. The van der Waals surface area contributed by atoms with Crippen LogP contribution in [0.25, 0.3) is 0 Å². The van der Waals surface area contributed by atoms with Crippen molar-refractivity contribution in [1.29, 1.82) is 0 Å². The van der Waals surface area contributed by atoms with Crippen LogP contribution >= 0.6 is 11.8 Å². The van der Waals surface area contributed by atoms with Crippen molar-refractivity contribution in [2.24, 2.45) is 5.73 Å². The molecule has 0 heterocycles. The molecule has 0 aliphatic rings. The fourth-order valence-electron chi connectivity index (χ4n) is 1.42. The van der Waals surface area contributed by atoms with E-state index in [2.05, 4.69) is 5.32 Å². The summed E-state index contributed by atoms with van der Waals surface area (Å²) in [6, 6.07) is 8.86.